The van der Waals surface area contributed by atoms with Crippen molar-refractivity contribution in [2.45, 2.75) is 51.4 Å². The minimum atomic E-state index is 0.852. The number of thioether (sulfide) groups is 1. The molecule has 0 N–H and O–H groups in total. The predicted molar refractivity (Wildman–Crippen MR) is 113 cm³/mol. The van der Waals surface area contributed by atoms with Gasteiger partial charge < -0.3 is 9.47 Å². The van der Waals surface area contributed by atoms with E-state index in [0.29, 0.717) is 0 Å². The van der Waals surface area contributed by atoms with Gasteiger partial charge in [-0.25, -0.2) is 0 Å². The number of nitrogens with zero attached hydrogens (tertiary/aromatic N) is 5. The van der Waals surface area contributed by atoms with E-state index in [2.05, 4.69) is 68.7 Å². The minimum Gasteiger partial charge on any atom is -0.303 e. The fourth-order valence-corrected chi connectivity index (χ4v) is 4.55. The maximum Gasteiger partial charge on any atom is 0.191 e. The molecule has 1 aliphatic heterocycles. The van der Waals surface area contributed by atoms with Gasteiger partial charge in [-0.2, -0.15) is 0 Å². The summed E-state index contributed by atoms with van der Waals surface area (Å²) in [5, 5.41) is 10.2. The Morgan fingerprint density at radius 1 is 0.963 bits per heavy atom. The molecule has 0 unspecified atom stereocenters. The topological polar surface area (TPSA) is 37.2 Å². The predicted octanol–water partition coefficient (Wildman–Crippen LogP) is 3.75. The number of hydrogen-bond acceptors (Lipinski definition) is 5. The molecule has 1 aliphatic rings. The molecule has 0 atom stereocenters. The summed E-state index contributed by atoms with van der Waals surface area (Å²) in [6.45, 7) is 11.9. The van der Waals surface area contributed by atoms with Crippen molar-refractivity contribution in [2.24, 2.45) is 0 Å². The average molecular weight is 388 g/mol. The first-order chi connectivity index (χ1) is 13.3. The molecular formula is C21H33N5S. The lowest BCUT2D eigenvalue weighted by Crippen LogP contribution is -2.30. The SMILES string of the molecule is CCN(CC)CCSc1nnc(CN2CCCCC2)n1Cc1ccccc1. The van der Waals surface area contributed by atoms with E-state index in [9.17, 15) is 0 Å². The Morgan fingerprint density at radius 2 is 1.70 bits per heavy atom. The first-order valence-electron chi connectivity index (χ1n) is 10.3. The second-order valence-electron chi connectivity index (χ2n) is 7.18. The van der Waals surface area contributed by atoms with E-state index in [1.54, 1.807) is 0 Å². The highest BCUT2D eigenvalue weighted by atomic mass is 32.2. The van der Waals surface area contributed by atoms with Crippen molar-refractivity contribution in [2.75, 3.05) is 38.5 Å². The summed E-state index contributed by atoms with van der Waals surface area (Å²) in [4.78, 5) is 4.99. The maximum atomic E-state index is 4.58. The summed E-state index contributed by atoms with van der Waals surface area (Å²) in [6.07, 6.45) is 3.97. The van der Waals surface area contributed by atoms with Crippen LogP contribution in [0.1, 0.15) is 44.5 Å². The summed E-state index contributed by atoms with van der Waals surface area (Å²) in [6, 6.07) is 10.7. The summed E-state index contributed by atoms with van der Waals surface area (Å²) in [5.41, 5.74) is 1.31. The first-order valence-corrected chi connectivity index (χ1v) is 11.3. The van der Waals surface area contributed by atoms with E-state index in [1.165, 1.54) is 37.9 Å². The van der Waals surface area contributed by atoms with E-state index in [1.807, 2.05) is 11.8 Å². The number of aromatic nitrogens is 3. The van der Waals surface area contributed by atoms with Crippen molar-refractivity contribution in [1.29, 1.82) is 0 Å². The maximum absolute atomic E-state index is 4.58. The van der Waals surface area contributed by atoms with Crippen LogP contribution < -0.4 is 0 Å². The zero-order chi connectivity index (χ0) is 18.9. The summed E-state index contributed by atoms with van der Waals surface area (Å²) in [5.74, 6) is 2.16. The largest absolute Gasteiger partial charge is 0.303 e. The van der Waals surface area contributed by atoms with Crippen molar-refractivity contribution in [3.05, 3.63) is 41.7 Å². The summed E-state index contributed by atoms with van der Waals surface area (Å²) >= 11 is 1.84. The van der Waals surface area contributed by atoms with Gasteiger partial charge in [-0.1, -0.05) is 62.4 Å². The van der Waals surface area contributed by atoms with Crippen molar-refractivity contribution >= 4 is 11.8 Å². The molecule has 0 amide bonds. The number of hydrogen-bond donors (Lipinski definition) is 0. The van der Waals surface area contributed by atoms with Crippen LogP contribution in [0.2, 0.25) is 0 Å². The van der Waals surface area contributed by atoms with Crippen molar-refractivity contribution in [3.8, 4) is 0 Å². The van der Waals surface area contributed by atoms with Crippen LogP contribution in [0.25, 0.3) is 0 Å². The zero-order valence-corrected chi connectivity index (χ0v) is 17.6. The Bertz CT molecular complexity index is 662. The molecule has 1 aromatic carbocycles. The van der Waals surface area contributed by atoms with E-state index in [0.717, 1.165) is 49.5 Å². The van der Waals surface area contributed by atoms with E-state index in [4.69, 9.17) is 0 Å². The molecule has 2 heterocycles. The standard InChI is InChI=1S/C21H33N5S/c1-3-24(4-2)15-16-27-21-23-22-20(18-25-13-9-6-10-14-25)26(21)17-19-11-7-5-8-12-19/h5,7-8,11-12H,3-4,6,9-10,13-18H2,1-2H3. The van der Waals surface area contributed by atoms with Crippen LogP contribution in [0.15, 0.2) is 35.5 Å². The smallest absolute Gasteiger partial charge is 0.191 e. The molecule has 2 aromatic rings. The molecule has 0 bridgehead atoms. The van der Waals surface area contributed by atoms with Gasteiger partial charge in [0, 0.05) is 12.3 Å². The summed E-state index contributed by atoms with van der Waals surface area (Å²) in [7, 11) is 0. The highest BCUT2D eigenvalue weighted by molar-refractivity contribution is 7.99. The molecule has 0 saturated carbocycles. The van der Waals surface area contributed by atoms with Crippen molar-refractivity contribution in [1.82, 2.24) is 24.6 Å². The molecule has 0 spiro atoms. The average Bonchev–Trinajstić information content (AvgIpc) is 3.08. The van der Waals surface area contributed by atoms with Gasteiger partial charge in [-0.3, -0.25) is 4.90 Å². The fraction of sp³-hybridized carbons (Fsp3) is 0.619. The van der Waals surface area contributed by atoms with Crippen LogP contribution >= 0.6 is 11.8 Å². The van der Waals surface area contributed by atoms with Gasteiger partial charge >= 0.3 is 0 Å². The molecule has 6 heteroatoms. The van der Waals surface area contributed by atoms with Crippen LogP contribution in [-0.4, -0.2) is 63.0 Å². The second-order valence-corrected chi connectivity index (χ2v) is 8.24. The Hall–Kier alpha value is -1.37. The Balaban J connectivity index is 1.71. The lowest BCUT2D eigenvalue weighted by Gasteiger charge is -2.26. The second kappa shape index (κ2) is 10.8. The van der Waals surface area contributed by atoms with Gasteiger partial charge in [0.15, 0.2) is 5.16 Å². The quantitative estimate of drug-likeness (QED) is 0.581. The lowest BCUT2D eigenvalue weighted by atomic mass is 10.1. The molecule has 1 fully saturated rings. The Morgan fingerprint density at radius 3 is 2.41 bits per heavy atom. The van der Waals surface area contributed by atoms with Gasteiger partial charge in [0.05, 0.1) is 13.1 Å². The summed E-state index contributed by atoms with van der Waals surface area (Å²) < 4.78 is 2.33. The van der Waals surface area contributed by atoms with Crippen LogP contribution in [0.3, 0.4) is 0 Å². The third-order valence-corrected chi connectivity index (χ3v) is 6.27. The lowest BCUT2D eigenvalue weighted by molar-refractivity contribution is 0.213. The Kier molecular flexibility index (Phi) is 8.17. The zero-order valence-electron chi connectivity index (χ0n) is 16.8. The molecule has 1 saturated heterocycles. The van der Waals surface area contributed by atoms with Gasteiger partial charge in [0.1, 0.15) is 5.82 Å². The molecule has 3 rings (SSSR count). The number of benzene rings is 1. The highest BCUT2D eigenvalue weighted by Gasteiger charge is 2.18. The Labute approximate surface area is 168 Å². The molecule has 0 radical (unpaired) electrons. The molecule has 5 nitrogen and oxygen atoms in total. The monoisotopic (exact) mass is 387 g/mol. The number of rotatable bonds is 10. The highest BCUT2D eigenvalue weighted by Crippen LogP contribution is 2.21. The van der Waals surface area contributed by atoms with Gasteiger partial charge in [-0.15, -0.1) is 10.2 Å². The van der Waals surface area contributed by atoms with Crippen LogP contribution in [0.5, 0.6) is 0 Å². The van der Waals surface area contributed by atoms with Gasteiger partial charge in [0.2, 0.25) is 0 Å². The minimum absolute atomic E-state index is 0.852. The van der Waals surface area contributed by atoms with Crippen LogP contribution in [0.4, 0.5) is 0 Å². The third-order valence-electron chi connectivity index (χ3n) is 5.32. The molecule has 27 heavy (non-hydrogen) atoms. The van der Waals surface area contributed by atoms with Gasteiger partial charge in [0.25, 0.3) is 0 Å². The number of likely N-dealkylation sites (tertiary alicyclic amines) is 1. The molecule has 0 aliphatic carbocycles. The van der Waals surface area contributed by atoms with Crippen LogP contribution in [-0.2, 0) is 13.1 Å². The van der Waals surface area contributed by atoms with Crippen LogP contribution in [0, 0.1) is 0 Å². The molecular weight excluding hydrogens is 354 g/mol. The van der Waals surface area contributed by atoms with Gasteiger partial charge in [-0.05, 0) is 44.6 Å². The first kappa shape index (κ1) is 20.4. The fourth-order valence-electron chi connectivity index (χ4n) is 3.59. The molecule has 148 valence electrons. The van der Waals surface area contributed by atoms with Crippen molar-refractivity contribution < 1.29 is 0 Å². The van der Waals surface area contributed by atoms with E-state index >= 15 is 0 Å². The third kappa shape index (κ3) is 6.06. The number of piperidine rings is 1. The van der Waals surface area contributed by atoms with E-state index in [-0.39, 0.29) is 0 Å². The van der Waals surface area contributed by atoms with E-state index < -0.39 is 0 Å². The van der Waals surface area contributed by atoms with Crippen molar-refractivity contribution in [3.63, 3.8) is 0 Å². The molecule has 1 aromatic heterocycles. The normalized spacial score (nSPS) is 15.5.